The Bertz CT molecular complexity index is 1400. The van der Waals surface area contributed by atoms with Gasteiger partial charge in [-0.15, -0.1) is 0 Å². The van der Waals surface area contributed by atoms with Crippen LogP contribution >= 0.6 is 0 Å². The summed E-state index contributed by atoms with van der Waals surface area (Å²) in [6.45, 7) is 19.2. The highest BCUT2D eigenvalue weighted by Crippen LogP contribution is 2.50. The van der Waals surface area contributed by atoms with Crippen molar-refractivity contribution in [3.05, 3.63) is 36.5 Å². The molecule has 1 spiro atoms. The maximum atomic E-state index is 13.6. The van der Waals surface area contributed by atoms with Crippen LogP contribution in [0.15, 0.2) is 36.5 Å². The topological polar surface area (TPSA) is 180 Å². The molecule has 5 N–H and O–H groups in total. The Kier molecular flexibility index (Phi) is 18.4. The first-order valence-electron chi connectivity index (χ1n) is 21.7. The van der Waals surface area contributed by atoms with Crippen molar-refractivity contribution in [2.24, 2.45) is 53.3 Å². The van der Waals surface area contributed by atoms with Gasteiger partial charge in [-0.25, -0.2) is 4.79 Å². The summed E-state index contributed by atoms with van der Waals surface area (Å²) in [5.41, 5.74) is -2.18. The van der Waals surface area contributed by atoms with Crippen LogP contribution in [-0.4, -0.2) is 97.2 Å². The Hall–Kier alpha value is -2.25. The van der Waals surface area contributed by atoms with Gasteiger partial charge in [0.2, 0.25) is 0 Å². The van der Waals surface area contributed by atoms with E-state index in [0.717, 1.165) is 19.3 Å². The molecular weight excluding hydrogens is 728 g/mol. The van der Waals surface area contributed by atoms with Gasteiger partial charge in [-0.3, -0.25) is 9.59 Å². The molecule has 2 fully saturated rings. The zero-order valence-electron chi connectivity index (χ0n) is 36.5. The van der Waals surface area contributed by atoms with Crippen LogP contribution in [0.1, 0.15) is 128 Å². The molecule has 3 aliphatic heterocycles. The number of fused-ring (bicyclic) bond motifs is 2. The number of hydrogen-bond acceptors (Lipinski definition) is 11. The second kappa shape index (κ2) is 21.3. The summed E-state index contributed by atoms with van der Waals surface area (Å²) in [4.78, 5) is 40.7. The van der Waals surface area contributed by atoms with Crippen molar-refractivity contribution < 1.29 is 54.1 Å². The molecule has 18 unspecified atom stereocenters. The molecule has 0 amide bonds. The lowest BCUT2D eigenvalue weighted by Gasteiger charge is -2.56. The summed E-state index contributed by atoms with van der Waals surface area (Å²) in [5, 5.41) is 55.2. The summed E-state index contributed by atoms with van der Waals surface area (Å²) in [5.74, 6) is -7.21. The molecule has 11 heteroatoms. The van der Waals surface area contributed by atoms with Crippen LogP contribution in [0.4, 0.5) is 0 Å². The standard InChI is InChI=1S/C46H76O11/c1-12-34-18-16-14-15-17-28(5)43(52)45(11,54)44(53)33(10)41(51)32(9)40(50)31(8)39(49)27(4)19-22-38(48)55-42-30(7)36(21-20-34)56-46(35(42)13-2)24-23-26(3)37(57-46)25-29(6)47/h14-16,18-19,22,26-37,39,41-43,47,49,51-52,54H,12-13,17,20-21,23-25H2,1-11H3/b15-14-,18-16-,22-19-. The van der Waals surface area contributed by atoms with Gasteiger partial charge in [-0.05, 0) is 76.5 Å². The molecule has 3 aliphatic rings. The van der Waals surface area contributed by atoms with Crippen LogP contribution in [0.25, 0.3) is 0 Å². The SMILES string of the molecule is CCC1/C=C\C=C/CC(C)C(O)C(C)(O)C(=O)C(C)C(O)C(C)C(=O)C(C)C(O)C(C)/C=C\C(=O)OC2C(C)C(CC1)OC1(CCC(C)C(CC(C)O)O1)C2CC. The van der Waals surface area contributed by atoms with E-state index in [1.165, 1.54) is 32.9 Å². The number of esters is 1. The van der Waals surface area contributed by atoms with Crippen molar-refractivity contribution in [1.82, 2.24) is 0 Å². The van der Waals surface area contributed by atoms with Crippen LogP contribution in [0, 0.1) is 53.3 Å². The van der Waals surface area contributed by atoms with Gasteiger partial charge >= 0.3 is 5.97 Å². The molecule has 326 valence electrons. The van der Waals surface area contributed by atoms with Crippen LogP contribution in [0.3, 0.4) is 0 Å². The predicted molar refractivity (Wildman–Crippen MR) is 220 cm³/mol. The van der Waals surface area contributed by atoms with E-state index >= 15 is 0 Å². The first kappa shape index (κ1) is 49.1. The zero-order chi connectivity index (χ0) is 43.0. The Morgan fingerprint density at radius 2 is 1.47 bits per heavy atom. The fraction of sp³-hybridized carbons (Fsp3) is 0.804. The molecule has 2 bridgehead atoms. The van der Waals surface area contributed by atoms with E-state index in [1.54, 1.807) is 27.7 Å². The molecule has 57 heavy (non-hydrogen) atoms. The lowest BCUT2D eigenvalue weighted by molar-refractivity contribution is -0.374. The Morgan fingerprint density at radius 1 is 0.825 bits per heavy atom. The number of ether oxygens (including phenoxy) is 3. The fourth-order valence-corrected chi connectivity index (χ4v) is 9.37. The smallest absolute Gasteiger partial charge is 0.330 e. The average molecular weight is 805 g/mol. The Balaban J connectivity index is 2.02. The minimum absolute atomic E-state index is 0.163. The normalized spacial score (nSPS) is 46.2. The van der Waals surface area contributed by atoms with Gasteiger partial charge in [-0.1, -0.05) is 92.7 Å². The summed E-state index contributed by atoms with van der Waals surface area (Å²) in [6, 6.07) is 0. The monoisotopic (exact) mass is 805 g/mol. The van der Waals surface area contributed by atoms with Crippen LogP contribution < -0.4 is 0 Å². The van der Waals surface area contributed by atoms with E-state index in [0.29, 0.717) is 32.1 Å². The van der Waals surface area contributed by atoms with Crippen molar-refractivity contribution >= 4 is 17.5 Å². The number of allylic oxidation sites excluding steroid dienone is 4. The van der Waals surface area contributed by atoms with Crippen molar-refractivity contribution in [3.63, 3.8) is 0 Å². The number of aliphatic hydroxyl groups excluding tert-OH is 4. The second-order valence-corrected chi connectivity index (χ2v) is 18.2. The van der Waals surface area contributed by atoms with Crippen molar-refractivity contribution in [3.8, 4) is 0 Å². The van der Waals surface area contributed by atoms with E-state index in [4.69, 9.17) is 14.2 Å². The highest BCUT2D eigenvalue weighted by atomic mass is 16.7. The van der Waals surface area contributed by atoms with Crippen LogP contribution in [-0.2, 0) is 28.6 Å². The predicted octanol–water partition coefficient (Wildman–Crippen LogP) is 6.27. The molecule has 3 heterocycles. The number of Topliss-reactive ketones (excluding diaryl/α,β-unsaturated/α-hetero) is 2. The molecule has 0 aliphatic carbocycles. The minimum Gasteiger partial charge on any atom is -0.458 e. The van der Waals surface area contributed by atoms with Gasteiger partial charge in [0.1, 0.15) is 17.5 Å². The summed E-state index contributed by atoms with van der Waals surface area (Å²) < 4.78 is 20.3. The number of carbonyl (C=O) groups excluding carboxylic acids is 3. The van der Waals surface area contributed by atoms with Crippen molar-refractivity contribution in [2.45, 2.75) is 182 Å². The van der Waals surface area contributed by atoms with Crippen molar-refractivity contribution in [1.29, 1.82) is 0 Å². The molecule has 2 saturated heterocycles. The first-order valence-corrected chi connectivity index (χ1v) is 21.7. The number of aliphatic hydroxyl groups is 5. The third-order valence-electron chi connectivity index (χ3n) is 13.6. The third-order valence-corrected chi connectivity index (χ3v) is 13.6. The van der Waals surface area contributed by atoms with E-state index < -0.39 is 89.0 Å². The number of ketones is 2. The zero-order valence-corrected chi connectivity index (χ0v) is 36.5. The lowest BCUT2D eigenvalue weighted by atomic mass is 9.73. The van der Waals surface area contributed by atoms with Gasteiger partial charge in [0, 0.05) is 42.1 Å². The van der Waals surface area contributed by atoms with E-state index in [-0.39, 0.29) is 35.9 Å². The number of hydrogen-bond donors (Lipinski definition) is 5. The highest BCUT2D eigenvalue weighted by Gasteiger charge is 2.57. The molecule has 0 aromatic carbocycles. The quantitative estimate of drug-likeness (QED) is 0.202. The number of rotatable bonds is 4. The molecule has 0 aromatic rings. The first-order chi connectivity index (χ1) is 26.6. The molecular formula is C46H76O11. The van der Waals surface area contributed by atoms with Gasteiger partial charge in [-0.2, -0.15) is 0 Å². The molecule has 0 aromatic heterocycles. The minimum atomic E-state index is -2.18. The van der Waals surface area contributed by atoms with E-state index in [1.807, 2.05) is 25.2 Å². The van der Waals surface area contributed by atoms with E-state index in [2.05, 4.69) is 26.8 Å². The van der Waals surface area contributed by atoms with Gasteiger partial charge in [0.15, 0.2) is 11.6 Å². The third kappa shape index (κ3) is 12.0. The summed E-state index contributed by atoms with van der Waals surface area (Å²) in [6.07, 6.45) is 10.3. The summed E-state index contributed by atoms with van der Waals surface area (Å²) >= 11 is 0. The molecule has 11 nitrogen and oxygen atoms in total. The van der Waals surface area contributed by atoms with Gasteiger partial charge in [0.25, 0.3) is 0 Å². The maximum absolute atomic E-state index is 13.6. The lowest BCUT2D eigenvalue weighted by Crippen LogP contribution is -2.63. The van der Waals surface area contributed by atoms with E-state index in [9.17, 15) is 39.9 Å². The molecule has 3 rings (SSSR count). The molecule has 18 atom stereocenters. The summed E-state index contributed by atoms with van der Waals surface area (Å²) in [7, 11) is 0. The maximum Gasteiger partial charge on any atom is 0.330 e. The largest absolute Gasteiger partial charge is 0.458 e. The fourth-order valence-electron chi connectivity index (χ4n) is 9.37. The number of carbonyl (C=O) groups is 3. The average Bonchev–Trinajstić information content (AvgIpc) is 3.17. The Morgan fingerprint density at radius 3 is 2.09 bits per heavy atom. The highest BCUT2D eigenvalue weighted by molar-refractivity contribution is 5.91. The van der Waals surface area contributed by atoms with Gasteiger partial charge < -0.3 is 39.7 Å². The Labute approximate surface area is 342 Å². The molecule has 0 saturated carbocycles. The van der Waals surface area contributed by atoms with Crippen LogP contribution in [0.5, 0.6) is 0 Å². The van der Waals surface area contributed by atoms with Crippen LogP contribution in [0.2, 0.25) is 0 Å². The second-order valence-electron chi connectivity index (χ2n) is 18.2. The van der Waals surface area contributed by atoms with Gasteiger partial charge in [0.05, 0.1) is 42.5 Å². The van der Waals surface area contributed by atoms with Crippen molar-refractivity contribution in [2.75, 3.05) is 0 Å². The molecule has 0 radical (unpaired) electrons.